The topological polar surface area (TPSA) is 109 Å². The lowest BCUT2D eigenvalue weighted by Gasteiger charge is -2.44. The number of aliphatic hydroxyl groups excluding tert-OH is 1. The molecule has 4 atom stereocenters. The van der Waals surface area contributed by atoms with Crippen molar-refractivity contribution < 1.29 is 5.11 Å². The summed E-state index contributed by atoms with van der Waals surface area (Å²) in [6.07, 6.45) is 11.7. The summed E-state index contributed by atoms with van der Waals surface area (Å²) in [7, 11) is 0. The molecule has 8 heteroatoms. The number of nitrogens with one attached hydrogen (secondary N) is 1. The number of hydrogen-bond acceptors (Lipinski definition) is 6. The molecule has 42 heavy (non-hydrogen) atoms. The van der Waals surface area contributed by atoms with Crippen molar-refractivity contribution in [2.75, 3.05) is 18.8 Å². The molecule has 0 saturated heterocycles. The Kier molecular flexibility index (Phi) is 7.05. The van der Waals surface area contributed by atoms with Crippen molar-refractivity contribution in [3.63, 3.8) is 0 Å². The molecule has 3 aliphatic rings. The van der Waals surface area contributed by atoms with Crippen LogP contribution in [0.3, 0.4) is 0 Å². The largest absolute Gasteiger partial charge is 0.391 e. The summed E-state index contributed by atoms with van der Waals surface area (Å²) < 4.78 is 2.14. The summed E-state index contributed by atoms with van der Waals surface area (Å²) in [5.74, 6) is 3.97. The van der Waals surface area contributed by atoms with Crippen molar-refractivity contribution in [2.45, 2.75) is 96.2 Å². The number of anilines is 1. The lowest BCUT2D eigenvalue weighted by atomic mass is 9.76. The average molecular weight is 570 g/mol. The van der Waals surface area contributed by atoms with Gasteiger partial charge in [0.25, 0.3) is 0 Å². The molecule has 3 heterocycles. The summed E-state index contributed by atoms with van der Waals surface area (Å²) in [5.41, 5.74) is 10.7. The summed E-state index contributed by atoms with van der Waals surface area (Å²) in [4.78, 5) is 19.9. The normalized spacial score (nSPS) is 28.2. The quantitative estimate of drug-likeness (QED) is 0.233. The predicted octanol–water partition coefficient (Wildman–Crippen LogP) is 5.87. The Balaban J connectivity index is 0.971. The maximum absolute atomic E-state index is 11.3. The number of nitrogen functional groups attached to an aromatic ring is 1. The Bertz CT molecular complexity index is 1560. The lowest BCUT2D eigenvalue weighted by molar-refractivity contribution is 0.0429. The van der Waals surface area contributed by atoms with E-state index < -0.39 is 0 Å². The summed E-state index contributed by atoms with van der Waals surface area (Å²) in [6.45, 7) is 11.3. The molecule has 3 aliphatic carbocycles. The number of aliphatic hydroxyl groups is 1. The Hall–Kier alpha value is -2.97. The fourth-order valence-corrected chi connectivity index (χ4v) is 7.60. The zero-order valence-corrected chi connectivity index (χ0v) is 25.6. The molecule has 7 rings (SSSR count). The second kappa shape index (κ2) is 10.6. The van der Waals surface area contributed by atoms with Crippen LogP contribution in [0, 0.1) is 23.7 Å². The van der Waals surface area contributed by atoms with Gasteiger partial charge < -0.3 is 20.4 Å². The fourth-order valence-electron chi connectivity index (χ4n) is 7.60. The van der Waals surface area contributed by atoms with E-state index in [1.165, 1.54) is 50.5 Å². The molecule has 3 saturated carbocycles. The average Bonchev–Trinajstić information content (AvgIpc) is 3.37. The number of hydrogen-bond donors (Lipinski definition) is 3. The maximum atomic E-state index is 11.3. The van der Waals surface area contributed by atoms with Gasteiger partial charge in [-0.2, -0.15) is 0 Å². The number of rotatable bonds is 9. The van der Waals surface area contributed by atoms with Crippen LogP contribution in [0.25, 0.3) is 22.1 Å². The number of H-pyrrole nitrogens is 1. The molecule has 0 bridgehead atoms. The third-order valence-corrected chi connectivity index (χ3v) is 10.7. The van der Waals surface area contributed by atoms with Gasteiger partial charge in [0.2, 0.25) is 0 Å². The number of imidazole rings is 1. The summed E-state index contributed by atoms with van der Waals surface area (Å²) in [5, 5.41) is 12.2. The van der Waals surface area contributed by atoms with Gasteiger partial charge in [0, 0.05) is 31.7 Å². The summed E-state index contributed by atoms with van der Waals surface area (Å²) in [6, 6.07) is 9.33. The Labute approximate surface area is 249 Å². The van der Waals surface area contributed by atoms with Gasteiger partial charge in [0.1, 0.15) is 23.6 Å². The molecule has 0 amide bonds. The second-order valence-electron chi connectivity index (χ2n) is 14.7. The van der Waals surface area contributed by atoms with Crippen LogP contribution >= 0.6 is 0 Å². The van der Waals surface area contributed by atoms with Crippen LogP contribution < -0.4 is 5.73 Å². The van der Waals surface area contributed by atoms with Crippen LogP contribution in [0.1, 0.15) is 83.6 Å². The van der Waals surface area contributed by atoms with Crippen LogP contribution in [0.4, 0.5) is 5.82 Å². The van der Waals surface area contributed by atoms with Crippen LogP contribution in [0.2, 0.25) is 0 Å². The molecule has 4 N–H and O–H groups in total. The van der Waals surface area contributed by atoms with E-state index in [1.807, 2.05) is 12.3 Å². The van der Waals surface area contributed by atoms with Gasteiger partial charge in [-0.1, -0.05) is 33.8 Å². The molecule has 3 aromatic heterocycles. The number of nitrogens with zero attached hydrogens (tertiary/aromatic N) is 5. The highest BCUT2D eigenvalue weighted by Crippen LogP contribution is 2.44. The van der Waals surface area contributed by atoms with Gasteiger partial charge in [-0.3, -0.25) is 4.90 Å². The van der Waals surface area contributed by atoms with E-state index in [2.05, 4.69) is 70.3 Å². The van der Waals surface area contributed by atoms with E-state index in [-0.39, 0.29) is 23.5 Å². The Morgan fingerprint density at radius 2 is 1.88 bits per heavy atom. The van der Waals surface area contributed by atoms with Gasteiger partial charge in [-0.15, -0.1) is 0 Å². The first-order chi connectivity index (χ1) is 20.1. The minimum atomic E-state index is -0.387. The number of fused-ring (bicyclic) bond motifs is 2. The Morgan fingerprint density at radius 3 is 2.64 bits per heavy atom. The smallest absolute Gasteiger partial charge is 0.145 e. The minimum Gasteiger partial charge on any atom is -0.391 e. The van der Waals surface area contributed by atoms with Crippen molar-refractivity contribution in [2.24, 2.45) is 23.7 Å². The van der Waals surface area contributed by atoms with Gasteiger partial charge in [0.05, 0.1) is 28.6 Å². The first-order valence-corrected chi connectivity index (χ1v) is 16.1. The van der Waals surface area contributed by atoms with Crippen molar-refractivity contribution in [3.05, 3.63) is 48.2 Å². The molecular formula is C34H47N7O. The zero-order valence-electron chi connectivity index (χ0n) is 25.6. The van der Waals surface area contributed by atoms with E-state index in [4.69, 9.17) is 10.7 Å². The van der Waals surface area contributed by atoms with Crippen LogP contribution in [0.5, 0.6) is 0 Å². The van der Waals surface area contributed by atoms with E-state index >= 15 is 0 Å². The van der Waals surface area contributed by atoms with Crippen LogP contribution in [0.15, 0.2) is 36.8 Å². The van der Waals surface area contributed by atoms with Crippen molar-refractivity contribution in [1.82, 2.24) is 29.4 Å². The third-order valence-electron chi connectivity index (χ3n) is 10.7. The van der Waals surface area contributed by atoms with E-state index in [1.54, 1.807) is 0 Å². The predicted molar refractivity (Wildman–Crippen MR) is 168 cm³/mol. The van der Waals surface area contributed by atoms with Crippen LogP contribution in [-0.2, 0) is 11.8 Å². The third kappa shape index (κ3) is 5.32. The molecule has 0 radical (unpaired) electrons. The lowest BCUT2D eigenvalue weighted by Crippen LogP contribution is -2.48. The number of aromatic nitrogens is 5. The van der Waals surface area contributed by atoms with E-state index in [9.17, 15) is 5.11 Å². The van der Waals surface area contributed by atoms with Crippen molar-refractivity contribution in [1.29, 1.82) is 0 Å². The molecule has 4 unspecified atom stereocenters. The highest BCUT2D eigenvalue weighted by atomic mass is 16.3. The standard InChI is InChI=1S/C34H47N7O/c1-20-23(15-29(31(20)42)41-12-11-26-32(35)36-19-37-33(26)41)18-40(17-21-5-6-21)25-13-22(14-25)7-10-30-38-27-9-8-24(34(2,3)4)16-28(27)39-30/h8-9,11-12,16,19-23,25,29,31,42H,5-7,10,13-15,17-18H2,1-4H3,(H,38,39)(H2,35,36,37). The molecule has 3 fully saturated rings. The second-order valence-corrected chi connectivity index (χ2v) is 14.7. The minimum absolute atomic E-state index is 0.0250. The van der Waals surface area contributed by atoms with E-state index in [0.29, 0.717) is 17.8 Å². The van der Waals surface area contributed by atoms with Gasteiger partial charge >= 0.3 is 0 Å². The first kappa shape index (κ1) is 27.8. The number of aromatic amines is 1. The molecule has 8 nitrogen and oxygen atoms in total. The molecule has 1 aromatic carbocycles. The van der Waals surface area contributed by atoms with Crippen molar-refractivity contribution >= 4 is 27.9 Å². The highest BCUT2D eigenvalue weighted by Gasteiger charge is 2.44. The monoisotopic (exact) mass is 569 g/mol. The number of benzene rings is 1. The Morgan fingerprint density at radius 1 is 1.07 bits per heavy atom. The van der Waals surface area contributed by atoms with E-state index in [0.717, 1.165) is 59.1 Å². The molecule has 0 spiro atoms. The number of aryl methyl sites for hydroxylation is 1. The van der Waals surface area contributed by atoms with Gasteiger partial charge in [-0.25, -0.2) is 15.0 Å². The molecule has 224 valence electrons. The molecule has 4 aromatic rings. The zero-order chi connectivity index (χ0) is 29.2. The highest BCUT2D eigenvalue weighted by molar-refractivity contribution is 5.86. The van der Waals surface area contributed by atoms with Gasteiger partial charge in [0.15, 0.2) is 0 Å². The molecular weight excluding hydrogens is 522 g/mol. The van der Waals surface area contributed by atoms with Crippen molar-refractivity contribution in [3.8, 4) is 0 Å². The fraction of sp³-hybridized carbons (Fsp3) is 0.618. The van der Waals surface area contributed by atoms with Crippen LogP contribution in [-0.4, -0.2) is 59.7 Å². The maximum Gasteiger partial charge on any atom is 0.145 e. The SMILES string of the molecule is CC1C(CN(CC2CC2)C2CC(CCc3nc4ccc(C(C)(C)C)cc4[nH]3)C2)CC(n2ccc3c(N)ncnc32)C1O. The first-order valence-electron chi connectivity index (χ1n) is 16.1. The summed E-state index contributed by atoms with van der Waals surface area (Å²) >= 11 is 0. The number of nitrogens with two attached hydrogens (primary N) is 1. The van der Waals surface area contributed by atoms with Gasteiger partial charge in [-0.05, 0) is 91.4 Å². The molecule has 0 aliphatic heterocycles.